The summed E-state index contributed by atoms with van der Waals surface area (Å²) >= 11 is 0. The van der Waals surface area contributed by atoms with Gasteiger partial charge in [0.2, 0.25) is 0 Å². The average molecular weight is 234 g/mol. The number of Topliss-reactive ketones (excluding diaryl/α,β-unsaturated/α-hetero) is 1. The average Bonchev–Trinajstić information content (AvgIpc) is 2.37. The van der Waals surface area contributed by atoms with Crippen molar-refractivity contribution < 1.29 is 19.1 Å². The highest BCUT2D eigenvalue weighted by atomic mass is 16.5. The van der Waals surface area contributed by atoms with Crippen LogP contribution in [0.4, 0.5) is 0 Å². The van der Waals surface area contributed by atoms with Gasteiger partial charge in [0.1, 0.15) is 11.7 Å². The molecule has 1 aliphatic rings. The number of rotatable bonds is 2. The zero-order chi connectivity index (χ0) is 12.4. The Balaban J connectivity index is 2.44. The molecule has 0 spiro atoms. The van der Waals surface area contributed by atoms with Gasteiger partial charge in [0.15, 0.2) is 5.78 Å². The van der Waals surface area contributed by atoms with Gasteiger partial charge in [-0.1, -0.05) is 12.1 Å². The number of methoxy groups -OCH3 is 2. The molecule has 0 unspecified atom stereocenters. The Hall–Kier alpha value is -1.84. The first kappa shape index (κ1) is 11.6. The number of fused-ring (bicyclic) bond motifs is 1. The monoisotopic (exact) mass is 234 g/mol. The molecule has 0 bridgehead atoms. The van der Waals surface area contributed by atoms with Crippen LogP contribution < -0.4 is 4.74 Å². The minimum Gasteiger partial charge on any atom is -0.496 e. The molecule has 0 saturated carbocycles. The van der Waals surface area contributed by atoms with Gasteiger partial charge in [-0.2, -0.15) is 0 Å². The molecular formula is C13H14O4. The highest BCUT2D eigenvalue weighted by molar-refractivity contribution is 6.11. The van der Waals surface area contributed by atoms with Crippen molar-refractivity contribution in [2.45, 2.75) is 12.8 Å². The Labute approximate surface area is 99.5 Å². The Bertz CT molecular complexity index is 450. The minimum atomic E-state index is -0.691. The zero-order valence-corrected chi connectivity index (χ0v) is 9.86. The van der Waals surface area contributed by atoms with Gasteiger partial charge in [-0.3, -0.25) is 9.59 Å². The van der Waals surface area contributed by atoms with E-state index in [4.69, 9.17) is 4.74 Å². The van der Waals surface area contributed by atoms with E-state index in [2.05, 4.69) is 4.74 Å². The summed E-state index contributed by atoms with van der Waals surface area (Å²) in [5.41, 5.74) is 1.46. The van der Waals surface area contributed by atoms with Crippen LogP contribution >= 0.6 is 0 Å². The number of hydrogen-bond donors (Lipinski definition) is 0. The first-order valence-electron chi connectivity index (χ1n) is 5.47. The predicted molar refractivity (Wildman–Crippen MR) is 61.2 cm³/mol. The van der Waals surface area contributed by atoms with Gasteiger partial charge in [0, 0.05) is 0 Å². The second kappa shape index (κ2) is 4.57. The van der Waals surface area contributed by atoms with Crippen molar-refractivity contribution in [2.75, 3.05) is 14.2 Å². The molecule has 1 atom stereocenters. The van der Waals surface area contributed by atoms with E-state index < -0.39 is 11.9 Å². The second-order valence-electron chi connectivity index (χ2n) is 3.97. The summed E-state index contributed by atoms with van der Waals surface area (Å²) in [5.74, 6) is -0.827. The van der Waals surface area contributed by atoms with Crippen LogP contribution in [0, 0.1) is 5.92 Å². The predicted octanol–water partition coefficient (Wildman–Crippen LogP) is 1.61. The van der Waals surface area contributed by atoms with Crippen LogP contribution in [0.3, 0.4) is 0 Å². The lowest BCUT2D eigenvalue weighted by atomic mass is 9.82. The molecule has 1 aromatic rings. The summed E-state index contributed by atoms with van der Waals surface area (Å²) in [6.07, 6.45) is 1.20. The summed E-state index contributed by atoms with van der Waals surface area (Å²) in [6, 6.07) is 5.48. The molecular weight excluding hydrogens is 220 g/mol. The molecule has 0 aromatic heterocycles. The van der Waals surface area contributed by atoms with Crippen molar-refractivity contribution in [3.05, 3.63) is 29.3 Å². The van der Waals surface area contributed by atoms with Gasteiger partial charge in [-0.25, -0.2) is 0 Å². The smallest absolute Gasteiger partial charge is 0.316 e. The Morgan fingerprint density at radius 1 is 1.35 bits per heavy atom. The lowest BCUT2D eigenvalue weighted by Gasteiger charge is -2.22. The number of carbonyl (C=O) groups excluding carboxylic acids is 2. The number of esters is 1. The van der Waals surface area contributed by atoms with Crippen LogP contribution in [0.1, 0.15) is 22.3 Å². The molecule has 2 rings (SSSR count). The zero-order valence-electron chi connectivity index (χ0n) is 9.86. The molecule has 0 amide bonds. The van der Waals surface area contributed by atoms with Gasteiger partial charge in [-0.05, 0) is 24.5 Å². The van der Waals surface area contributed by atoms with E-state index in [1.54, 1.807) is 6.07 Å². The third-order valence-corrected chi connectivity index (χ3v) is 3.08. The maximum Gasteiger partial charge on any atom is 0.316 e. The normalized spacial score (nSPS) is 18.5. The molecule has 1 aliphatic carbocycles. The van der Waals surface area contributed by atoms with Crippen molar-refractivity contribution in [1.82, 2.24) is 0 Å². The molecule has 0 fully saturated rings. The third kappa shape index (κ3) is 1.90. The fraction of sp³-hybridized carbons (Fsp3) is 0.385. The summed E-state index contributed by atoms with van der Waals surface area (Å²) in [7, 11) is 2.82. The number of ketones is 1. The van der Waals surface area contributed by atoms with Crippen LogP contribution in [-0.2, 0) is 16.0 Å². The second-order valence-corrected chi connectivity index (χ2v) is 3.97. The molecule has 0 aliphatic heterocycles. The van der Waals surface area contributed by atoms with Crippen molar-refractivity contribution in [3.63, 3.8) is 0 Å². The summed E-state index contributed by atoms with van der Waals surface area (Å²) in [4.78, 5) is 23.7. The highest BCUT2D eigenvalue weighted by Crippen LogP contribution is 2.32. The van der Waals surface area contributed by atoms with Crippen molar-refractivity contribution in [1.29, 1.82) is 0 Å². The molecule has 0 heterocycles. The van der Waals surface area contributed by atoms with E-state index >= 15 is 0 Å². The molecule has 90 valence electrons. The maximum absolute atomic E-state index is 12.2. The Morgan fingerprint density at radius 2 is 2.12 bits per heavy atom. The highest BCUT2D eigenvalue weighted by Gasteiger charge is 2.35. The Kier molecular flexibility index (Phi) is 3.13. The lowest BCUT2D eigenvalue weighted by molar-refractivity contribution is -0.143. The minimum absolute atomic E-state index is 0.199. The molecule has 0 N–H and O–H groups in total. The van der Waals surface area contributed by atoms with E-state index in [9.17, 15) is 9.59 Å². The standard InChI is InChI=1S/C13H14O4/c1-16-10-5-3-4-8-6-7-9(13(15)17-2)12(14)11(8)10/h3-5,9H,6-7H2,1-2H3/t9-/m1/s1. The maximum atomic E-state index is 12.2. The van der Waals surface area contributed by atoms with E-state index in [0.717, 1.165) is 5.56 Å². The number of aryl methyl sites for hydroxylation is 1. The molecule has 0 radical (unpaired) electrons. The molecule has 0 saturated heterocycles. The Morgan fingerprint density at radius 3 is 2.76 bits per heavy atom. The summed E-state index contributed by atoms with van der Waals surface area (Å²) in [6.45, 7) is 0. The molecule has 1 aromatic carbocycles. The van der Waals surface area contributed by atoms with Crippen LogP contribution in [0.5, 0.6) is 5.75 Å². The van der Waals surface area contributed by atoms with Crippen LogP contribution in [0.15, 0.2) is 18.2 Å². The first-order valence-corrected chi connectivity index (χ1v) is 5.47. The van der Waals surface area contributed by atoms with Crippen molar-refractivity contribution in [2.24, 2.45) is 5.92 Å². The van der Waals surface area contributed by atoms with E-state index in [1.165, 1.54) is 14.2 Å². The third-order valence-electron chi connectivity index (χ3n) is 3.08. The fourth-order valence-corrected chi connectivity index (χ4v) is 2.21. The van der Waals surface area contributed by atoms with Gasteiger partial charge in [-0.15, -0.1) is 0 Å². The van der Waals surface area contributed by atoms with Crippen LogP contribution in [0.25, 0.3) is 0 Å². The quantitative estimate of drug-likeness (QED) is 0.576. The number of hydrogen-bond acceptors (Lipinski definition) is 4. The number of carbonyl (C=O) groups is 2. The van der Waals surface area contributed by atoms with Gasteiger partial charge >= 0.3 is 5.97 Å². The van der Waals surface area contributed by atoms with E-state index in [-0.39, 0.29) is 5.78 Å². The fourth-order valence-electron chi connectivity index (χ4n) is 2.21. The molecule has 4 heteroatoms. The van der Waals surface area contributed by atoms with Crippen molar-refractivity contribution in [3.8, 4) is 5.75 Å². The largest absolute Gasteiger partial charge is 0.496 e. The van der Waals surface area contributed by atoms with E-state index in [1.807, 2.05) is 12.1 Å². The van der Waals surface area contributed by atoms with Crippen molar-refractivity contribution >= 4 is 11.8 Å². The van der Waals surface area contributed by atoms with Gasteiger partial charge < -0.3 is 9.47 Å². The number of benzene rings is 1. The van der Waals surface area contributed by atoms with Gasteiger partial charge in [0.05, 0.1) is 19.8 Å². The topological polar surface area (TPSA) is 52.6 Å². The number of ether oxygens (including phenoxy) is 2. The molecule has 17 heavy (non-hydrogen) atoms. The summed E-state index contributed by atoms with van der Waals surface area (Å²) in [5, 5.41) is 0. The summed E-state index contributed by atoms with van der Waals surface area (Å²) < 4.78 is 9.82. The lowest BCUT2D eigenvalue weighted by Crippen LogP contribution is -2.30. The van der Waals surface area contributed by atoms with Gasteiger partial charge in [0.25, 0.3) is 0 Å². The van der Waals surface area contributed by atoms with E-state index in [0.29, 0.717) is 24.2 Å². The SMILES string of the molecule is COC(=O)[C@@H]1CCc2cccc(OC)c2C1=O. The van der Waals surface area contributed by atoms with Crippen LogP contribution in [-0.4, -0.2) is 26.0 Å². The molecule has 4 nitrogen and oxygen atoms in total. The first-order chi connectivity index (χ1) is 8.19. The van der Waals surface area contributed by atoms with Crippen LogP contribution in [0.2, 0.25) is 0 Å².